The molecule has 1 unspecified atom stereocenters. The van der Waals surface area contributed by atoms with Gasteiger partial charge in [0.25, 0.3) is 0 Å². The molecular weight excluding hydrogens is 409 g/mol. The Morgan fingerprint density at radius 2 is 1.91 bits per heavy atom. The smallest absolute Gasteiger partial charge is 0.191 e. The normalized spacial score (nSPS) is 17.8. The van der Waals surface area contributed by atoms with Crippen molar-refractivity contribution in [2.75, 3.05) is 53.2 Å². The summed E-state index contributed by atoms with van der Waals surface area (Å²) in [6.07, 6.45) is 5.89. The highest BCUT2D eigenvalue weighted by Crippen LogP contribution is 2.11. The second-order valence-corrected chi connectivity index (χ2v) is 5.46. The molecule has 1 fully saturated rings. The highest BCUT2D eigenvalue weighted by molar-refractivity contribution is 14.0. The molecule has 1 saturated heterocycles. The van der Waals surface area contributed by atoms with Crippen LogP contribution in [0.3, 0.4) is 0 Å². The summed E-state index contributed by atoms with van der Waals surface area (Å²) in [6.45, 7) is 7.70. The minimum absolute atomic E-state index is 0. The van der Waals surface area contributed by atoms with Crippen LogP contribution in [0, 0.1) is 0 Å². The largest absolute Gasteiger partial charge is 0.381 e. The molecule has 1 atom stereocenters. The molecule has 0 saturated carbocycles. The Labute approximate surface area is 158 Å². The van der Waals surface area contributed by atoms with Crippen molar-refractivity contribution in [1.82, 2.24) is 10.6 Å². The van der Waals surface area contributed by atoms with Crippen molar-refractivity contribution >= 4 is 29.9 Å². The molecule has 0 spiro atoms. The summed E-state index contributed by atoms with van der Waals surface area (Å²) in [7, 11) is 1.78. The second-order valence-electron chi connectivity index (χ2n) is 5.46. The molecule has 138 valence electrons. The number of aliphatic imine (C=N–C) groups is 1. The van der Waals surface area contributed by atoms with Gasteiger partial charge in [-0.3, -0.25) is 4.99 Å². The van der Waals surface area contributed by atoms with Crippen molar-refractivity contribution in [3.63, 3.8) is 0 Å². The van der Waals surface area contributed by atoms with Gasteiger partial charge in [-0.25, -0.2) is 0 Å². The average molecular weight is 443 g/mol. The maximum atomic E-state index is 5.60. The number of hydrogen-bond donors (Lipinski definition) is 2. The lowest BCUT2D eigenvalue weighted by Gasteiger charge is -2.13. The Bertz CT molecular complexity index is 288. The van der Waals surface area contributed by atoms with Gasteiger partial charge in [-0.15, -0.1) is 24.0 Å². The average Bonchev–Trinajstić information content (AvgIpc) is 3.05. The van der Waals surface area contributed by atoms with Crippen LogP contribution < -0.4 is 10.6 Å². The number of nitrogens with one attached hydrogen (secondary N) is 2. The van der Waals surface area contributed by atoms with Crippen molar-refractivity contribution in [3.05, 3.63) is 0 Å². The third kappa shape index (κ3) is 12.9. The van der Waals surface area contributed by atoms with Crippen LogP contribution in [-0.2, 0) is 14.2 Å². The zero-order valence-corrected chi connectivity index (χ0v) is 17.0. The molecular formula is C16H34IN3O3. The van der Waals surface area contributed by atoms with Crippen molar-refractivity contribution in [2.45, 2.75) is 45.1 Å². The Morgan fingerprint density at radius 1 is 1.13 bits per heavy atom. The van der Waals surface area contributed by atoms with Gasteiger partial charge in [-0.1, -0.05) is 13.3 Å². The maximum absolute atomic E-state index is 5.60. The molecule has 0 bridgehead atoms. The second kappa shape index (κ2) is 16.7. The van der Waals surface area contributed by atoms with E-state index in [9.17, 15) is 0 Å². The Balaban J connectivity index is 0.00000484. The summed E-state index contributed by atoms with van der Waals surface area (Å²) in [5.41, 5.74) is 0. The van der Waals surface area contributed by atoms with Crippen LogP contribution in [0.2, 0.25) is 0 Å². The van der Waals surface area contributed by atoms with E-state index in [2.05, 4.69) is 22.5 Å². The summed E-state index contributed by atoms with van der Waals surface area (Å²) in [5, 5.41) is 6.51. The monoisotopic (exact) mass is 443 g/mol. The van der Waals surface area contributed by atoms with Crippen LogP contribution in [0.4, 0.5) is 0 Å². The van der Waals surface area contributed by atoms with E-state index in [1.54, 1.807) is 7.05 Å². The van der Waals surface area contributed by atoms with E-state index >= 15 is 0 Å². The molecule has 0 aromatic heterocycles. The molecule has 0 amide bonds. The first kappa shape index (κ1) is 22.9. The quantitative estimate of drug-likeness (QED) is 0.210. The molecule has 0 radical (unpaired) electrons. The lowest BCUT2D eigenvalue weighted by molar-refractivity contribution is 0.0191. The van der Waals surface area contributed by atoms with Crippen LogP contribution in [0.5, 0.6) is 0 Å². The molecule has 6 nitrogen and oxygen atoms in total. The van der Waals surface area contributed by atoms with Gasteiger partial charge in [0.05, 0.1) is 19.3 Å². The minimum Gasteiger partial charge on any atom is -0.381 e. The van der Waals surface area contributed by atoms with Crippen LogP contribution in [0.25, 0.3) is 0 Å². The van der Waals surface area contributed by atoms with E-state index in [0.717, 1.165) is 64.6 Å². The fourth-order valence-corrected chi connectivity index (χ4v) is 2.18. The lowest BCUT2D eigenvalue weighted by Crippen LogP contribution is -2.39. The van der Waals surface area contributed by atoms with Gasteiger partial charge in [-0.2, -0.15) is 0 Å². The predicted molar refractivity (Wildman–Crippen MR) is 105 cm³/mol. The maximum Gasteiger partial charge on any atom is 0.191 e. The van der Waals surface area contributed by atoms with Crippen molar-refractivity contribution in [1.29, 1.82) is 0 Å². The number of ether oxygens (including phenoxy) is 3. The molecule has 23 heavy (non-hydrogen) atoms. The van der Waals surface area contributed by atoms with Crippen molar-refractivity contribution in [2.24, 2.45) is 4.99 Å². The van der Waals surface area contributed by atoms with E-state index in [1.165, 1.54) is 6.42 Å². The number of nitrogens with zero attached hydrogens (tertiary/aromatic N) is 1. The summed E-state index contributed by atoms with van der Waals surface area (Å²) in [5.74, 6) is 0.814. The van der Waals surface area contributed by atoms with E-state index in [-0.39, 0.29) is 24.0 Å². The third-order valence-electron chi connectivity index (χ3n) is 3.49. The molecule has 1 aliphatic rings. The fourth-order valence-electron chi connectivity index (χ4n) is 2.18. The topological polar surface area (TPSA) is 64.1 Å². The first-order valence-corrected chi connectivity index (χ1v) is 8.58. The van der Waals surface area contributed by atoms with E-state index in [4.69, 9.17) is 14.2 Å². The number of hydrogen-bond acceptors (Lipinski definition) is 4. The van der Waals surface area contributed by atoms with E-state index in [0.29, 0.717) is 19.3 Å². The molecule has 1 heterocycles. The highest BCUT2D eigenvalue weighted by Gasteiger charge is 2.14. The molecule has 2 N–H and O–H groups in total. The minimum atomic E-state index is 0. The standard InChI is InChI=1S/C16H33N3O3.HI/c1-3-4-10-20-11-6-8-18-16(17-2)19-9-13-21-14-15-7-5-12-22-15;/h15H,3-14H2,1-2H3,(H2,17,18,19);1H. The van der Waals surface area contributed by atoms with Gasteiger partial charge in [-0.05, 0) is 25.7 Å². The number of halogens is 1. The molecule has 1 aliphatic heterocycles. The Morgan fingerprint density at radius 3 is 2.61 bits per heavy atom. The van der Waals surface area contributed by atoms with Crippen molar-refractivity contribution in [3.8, 4) is 0 Å². The third-order valence-corrected chi connectivity index (χ3v) is 3.49. The SMILES string of the molecule is CCCCOCCCNC(=NC)NCCOCC1CCCO1.I. The first-order chi connectivity index (χ1) is 10.9. The summed E-state index contributed by atoms with van der Waals surface area (Å²) in [6, 6.07) is 0. The van der Waals surface area contributed by atoms with Gasteiger partial charge in [0.1, 0.15) is 0 Å². The zero-order valence-electron chi connectivity index (χ0n) is 14.6. The highest BCUT2D eigenvalue weighted by atomic mass is 127. The van der Waals surface area contributed by atoms with Gasteiger partial charge < -0.3 is 24.8 Å². The molecule has 0 aliphatic carbocycles. The fraction of sp³-hybridized carbons (Fsp3) is 0.938. The Hall–Kier alpha value is -0.120. The summed E-state index contributed by atoms with van der Waals surface area (Å²) in [4.78, 5) is 4.18. The molecule has 0 aromatic rings. The lowest BCUT2D eigenvalue weighted by atomic mass is 10.2. The zero-order chi connectivity index (χ0) is 15.9. The van der Waals surface area contributed by atoms with Crippen molar-refractivity contribution < 1.29 is 14.2 Å². The Kier molecular flexibility index (Phi) is 16.6. The number of guanidine groups is 1. The predicted octanol–water partition coefficient (Wildman–Crippen LogP) is 2.17. The first-order valence-electron chi connectivity index (χ1n) is 8.58. The van der Waals surface area contributed by atoms with E-state index < -0.39 is 0 Å². The van der Waals surface area contributed by atoms with Crippen LogP contribution in [0.15, 0.2) is 4.99 Å². The summed E-state index contributed by atoms with van der Waals surface area (Å²) >= 11 is 0. The number of rotatable bonds is 12. The van der Waals surface area contributed by atoms with Gasteiger partial charge in [0, 0.05) is 40.0 Å². The summed E-state index contributed by atoms with van der Waals surface area (Å²) < 4.78 is 16.6. The van der Waals surface area contributed by atoms with Gasteiger partial charge in [0.15, 0.2) is 5.96 Å². The molecule has 0 aromatic carbocycles. The van der Waals surface area contributed by atoms with Gasteiger partial charge >= 0.3 is 0 Å². The molecule has 1 rings (SSSR count). The van der Waals surface area contributed by atoms with Gasteiger partial charge in [0.2, 0.25) is 0 Å². The molecule has 7 heteroatoms. The van der Waals surface area contributed by atoms with E-state index in [1.807, 2.05) is 0 Å². The number of unbranched alkanes of at least 4 members (excludes halogenated alkanes) is 1. The van der Waals surface area contributed by atoms with Crippen LogP contribution >= 0.6 is 24.0 Å². The van der Waals surface area contributed by atoms with Crippen LogP contribution in [0.1, 0.15) is 39.0 Å². The van der Waals surface area contributed by atoms with Crippen LogP contribution in [-0.4, -0.2) is 65.2 Å².